The summed E-state index contributed by atoms with van der Waals surface area (Å²) in [6, 6.07) is 5.23. The van der Waals surface area contributed by atoms with Gasteiger partial charge in [0.2, 0.25) is 0 Å². The molecule has 1 aliphatic rings. The number of aryl methyl sites for hydroxylation is 1. The number of benzene rings is 1. The summed E-state index contributed by atoms with van der Waals surface area (Å²) in [4.78, 5) is 13.0. The molecule has 0 saturated carbocycles. The van der Waals surface area contributed by atoms with Crippen LogP contribution in [0.25, 0.3) is 0 Å². The molecule has 0 bridgehead atoms. The van der Waals surface area contributed by atoms with Crippen molar-refractivity contribution in [1.29, 1.82) is 0 Å². The van der Waals surface area contributed by atoms with E-state index >= 15 is 0 Å². The van der Waals surface area contributed by atoms with E-state index in [1.807, 2.05) is 13.0 Å². The smallest absolute Gasteiger partial charge is 0.282 e. The number of likely N-dealkylation sites (tertiary alicyclic amines) is 1. The molecule has 1 aliphatic heterocycles. The van der Waals surface area contributed by atoms with E-state index < -0.39 is 19.0 Å². The zero-order chi connectivity index (χ0) is 11.9. The van der Waals surface area contributed by atoms with Crippen LogP contribution >= 0.6 is 15.9 Å². The van der Waals surface area contributed by atoms with Gasteiger partial charge in [0.1, 0.15) is 0 Å². The molecular weight excluding hydrogens is 280 g/mol. The topological polar surface area (TPSA) is 20.3 Å². The Bertz CT molecular complexity index is 440. The molecule has 5 heteroatoms. The molecule has 1 amide bonds. The van der Waals surface area contributed by atoms with Crippen molar-refractivity contribution in [2.75, 3.05) is 13.1 Å². The fourth-order valence-corrected chi connectivity index (χ4v) is 2.07. The fourth-order valence-electron chi connectivity index (χ4n) is 1.64. The number of hydrogen-bond donors (Lipinski definition) is 0. The highest BCUT2D eigenvalue weighted by atomic mass is 79.9. The fraction of sp³-hybridized carbons (Fsp3) is 0.364. The van der Waals surface area contributed by atoms with Crippen molar-refractivity contribution < 1.29 is 13.6 Å². The summed E-state index contributed by atoms with van der Waals surface area (Å²) in [6.45, 7) is 0.893. The second-order valence-corrected chi connectivity index (χ2v) is 4.75. The standard InChI is InChI=1S/C11H10BrF2NO/c1-7-3-2-4-8(9(7)12)10(16)15-5-11(13,14)6-15/h2-4H,5-6H2,1H3. The van der Waals surface area contributed by atoms with E-state index in [1.54, 1.807) is 12.1 Å². The number of hydrogen-bond acceptors (Lipinski definition) is 1. The lowest BCUT2D eigenvalue weighted by Gasteiger charge is -2.38. The average Bonchev–Trinajstić information content (AvgIpc) is 2.17. The molecule has 86 valence electrons. The molecule has 0 N–H and O–H groups in total. The van der Waals surface area contributed by atoms with Crippen LogP contribution in [0.4, 0.5) is 8.78 Å². The van der Waals surface area contributed by atoms with E-state index in [0.29, 0.717) is 10.0 Å². The summed E-state index contributed by atoms with van der Waals surface area (Å²) in [5.41, 5.74) is 1.36. The number of halogens is 3. The molecule has 0 unspecified atom stereocenters. The summed E-state index contributed by atoms with van der Waals surface area (Å²) in [5, 5.41) is 0. The molecule has 1 heterocycles. The molecule has 1 fully saturated rings. The van der Waals surface area contributed by atoms with Gasteiger partial charge in [-0.1, -0.05) is 12.1 Å². The lowest BCUT2D eigenvalue weighted by Crippen LogP contribution is -2.58. The Kier molecular flexibility index (Phi) is 2.74. The van der Waals surface area contributed by atoms with Gasteiger partial charge in [-0.25, -0.2) is 8.78 Å². The summed E-state index contributed by atoms with van der Waals surface area (Å²) >= 11 is 3.30. The molecule has 0 spiro atoms. The zero-order valence-electron chi connectivity index (χ0n) is 8.64. The Hall–Kier alpha value is -0.970. The van der Waals surface area contributed by atoms with Crippen LogP contribution < -0.4 is 0 Å². The maximum absolute atomic E-state index is 12.6. The third kappa shape index (κ3) is 1.96. The minimum Gasteiger partial charge on any atom is -0.326 e. The molecule has 16 heavy (non-hydrogen) atoms. The van der Waals surface area contributed by atoms with Gasteiger partial charge < -0.3 is 4.90 Å². The molecule has 2 nitrogen and oxygen atoms in total. The molecule has 0 radical (unpaired) electrons. The van der Waals surface area contributed by atoms with Crippen LogP contribution in [-0.4, -0.2) is 29.8 Å². The van der Waals surface area contributed by atoms with Crippen LogP contribution in [0.3, 0.4) is 0 Å². The number of carbonyl (C=O) groups is 1. The van der Waals surface area contributed by atoms with Crippen molar-refractivity contribution in [3.05, 3.63) is 33.8 Å². The van der Waals surface area contributed by atoms with Gasteiger partial charge in [-0.2, -0.15) is 0 Å². The highest BCUT2D eigenvalue weighted by Gasteiger charge is 2.46. The minimum atomic E-state index is -2.72. The second kappa shape index (κ2) is 3.80. The predicted molar refractivity (Wildman–Crippen MR) is 59.7 cm³/mol. The maximum Gasteiger partial charge on any atom is 0.282 e. The monoisotopic (exact) mass is 289 g/mol. The molecule has 1 saturated heterocycles. The third-order valence-corrected chi connectivity index (χ3v) is 3.61. The average molecular weight is 290 g/mol. The first-order chi connectivity index (χ1) is 7.41. The van der Waals surface area contributed by atoms with Crippen molar-refractivity contribution >= 4 is 21.8 Å². The van der Waals surface area contributed by atoms with Gasteiger partial charge in [-0.15, -0.1) is 0 Å². The van der Waals surface area contributed by atoms with Crippen LogP contribution in [0, 0.1) is 6.92 Å². The predicted octanol–water partition coefficient (Wildman–Crippen LogP) is 2.85. The van der Waals surface area contributed by atoms with Crippen LogP contribution in [-0.2, 0) is 0 Å². The first kappa shape index (κ1) is 11.5. The Morgan fingerprint density at radius 1 is 1.44 bits per heavy atom. The van der Waals surface area contributed by atoms with Gasteiger partial charge in [-0.05, 0) is 34.5 Å². The summed E-state index contributed by atoms with van der Waals surface area (Å²) in [7, 11) is 0. The highest BCUT2D eigenvalue weighted by molar-refractivity contribution is 9.10. The van der Waals surface area contributed by atoms with E-state index in [9.17, 15) is 13.6 Å². The number of carbonyl (C=O) groups excluding carboxylic acids is 1. The number of nitrogens with zero attached hydrogens (tertiary/aromatic N) is 1. The molecule has 1 aromatic rings. The van der Waals surface area contributed by atoms with Crippen LogP contribution in [0.5, 0.6) is 0 Å². The lowest BCUT2D eigenvalue weighted by molar-refractivity contribution is -0.113. The van der Waals surface area contributed by atoms with Gasteiger partial charge >= 0.3 is 0 Å². The number of alkyl halides is 2. The summed E-state index contributed by atoms with van der Waals surface area (Å²) in [5.74, 6) is -3.06. The molecule has 0 atom stereocenters. The zero-order valence-corrected chi connectivity index (χ0v) is 10.2. The van der Waals surface area contributed by atoms with Gasteiger partial charge in [0.05, 0.1) is 18.7 Å². The molecule has 1 aromatic carbocycles. The quantitative estimate of drug-likeness (QED) is 0.779. The largest absolute Gasteiger partial charge is 0.326 e. The summed E-state index contributed by atoms with van der Waals surface area (Å²) in [6.07, 6.45) is 0. The summed E-state index contributed by atoms with van der Waals surface area (Å²) < 4.78 is 26.0. The Morgan fingerprint density at radius 3 is 2.62 bits per heavy atom. The van der Waals surface area contributed by atoms with Crippen molar-refractivity contribution in [2.45, 2.75) is 12.8 Å². The van der Waals surface area contributed by atoms with Crippen LogP contribution in [0.15, 0.2) is 22.7 Å². The Morgan fingerprint density at radius 2 is 2.06 bits per heavy atom. The normalized spacial score (nSPS) is 18.1. The van der Waals surface area contributed by atoms with Gasteiger partial charge in [0.25, 0.3) is 11.8 Å². The number of amides is 1. The van der Waals surface area contributed by atoms with E-state index in [1.165, 1.54) is 0 Å². The van der Waals surface area contributed by atoms with Crippen molar-refractivity contribution in [1.82, 2.24) is 4.90 Å². The van der Waals surface area contributed by atoms with Crippen molar-refractivity contribution in [2.24, 2.45) is 0 Å². The van der Waals surface area contributed by atoms with Crippen LogP contribution in [0.1, 0.15) is 15.9 Å². The van der Waals surface area contributed by atoms with Gasteiger partial charge in [-0.3, -0.25) is 4.79 Å². The third-order valence-electron chi connectivity index (χ3n) is 2.55. The molecule has 2 rings (SSSR count). The van der Waals surface area contributed by atoms with Gasteiger partial charge in [0.15, 0.2) is 0 Å². The number of rotatable bonds is 1. The van der Waals surface area contributed by atoms with Gasteiger partial charge in [0, 0.05) is 4.47 Å². The minimum absolute atomic E-state index is 0.346. The van der Waals surface area contributed by atoms with E-state index in [0.717, 1.165) is 10.5 Å². The second-order valence-electron chi connectivity index (χ2n) is 3.95. The highest BCUT2D eigenvalue weighted by Crippen LogP contribution is 2.30. The Balaban J connectivity index is 2.20. The molecule has 0 aromatic heterocycles. The van der Waals surface area contributed by atoms with E-state index in [-0.39, 0.29) is 5.91 Å². The molecular formula is C11H10BrF2NO. The maximum atomic E-state index is 12.6. The first-order valence-electron chi connectivity index (χ1n) is 4.83. The molecule has 0 aliphatic carbocycles. The van der Waals surface area contributed by atoms with Crippen molar-refractivity contribution in [3.63, 3.8) is 0 Å². The van der Waals surface area contributed by atoms with E-state index in [2.05, 4.69) is 15.9 Å². The first-order valence-corrected chi connectivity index (χ1v) is 5.62. The van der Waals surface area contributed by atoms with Crippen molar-refractivity contribution in [3.8, 4) is 0 Å². The SMILES string of the molecule is Cc1cccc(C(=O)N2CC(F)(F)C2)c1Br. The lowest BCUT2D eigenvalue weighted by atomic mass is 10.1. The Labute approximate surface area is 100 Å². The van der Waals surface area contributed by atoms with Crippen LogP contribution in [0.2, 0.25) is 0 Å². The van der Waals surface area contributed by atoms with E-state index in [4.69, 9.17) is 0 Å².